The highest BCUT2D eigenvalue weighted by Gasteiger charge is 2.28. The number of nitrogens with two attached hydrogens (primary N) is 1. The van der Waals surface area contributed by atoms with Gasteiger partial charge in [-0.3, -0.25) is 10.1 Å². The first-order chi connectivity index (χ1) is 7.95. The van der Waals surface area contributed by atoms with E-state index in [0.717, 1.165) is 25.9 Å². The van der Waals surface area contributed by atoms with Gasteiger partial charge >= 0.3 is 6.03 Å². The van der Waals surface area contributed by atoms with Crippen LogP contribution >= 0.6 is 0 Å². The maximum Gasteiger partial charge on any atom is 0.318 e. The second-order valence-electron chi connectivity index (χ2n) is 4.81. The molecule has 1 fully saturated rings. The Morgan fingerprint density at radius 3 is 2.41 bits per heavy atom. The molecule has 3 amide bonds. The van der Waals surface area contributed by atoms with Gasteiger partial charge in [-0.05, 0) is 39.9 Å². The second kappa shape index (κ2) is 5.97. The Bertz CT molecular complexity index is 285. The molecule has 0 saturated carbocycles. The van der Waals surface area contributed by atoms with Crippen LogP contribution in [0.2, 0.25) is 0 Å². The van der Waals surface area contributed by atoms with Crippen molar-refractivity contribution in [3.8, 4) is 0 Å². The lowest BCUT2D eigenvalue weighted by atomic mass is 9.90. The van der Waals surface area contributed by atoms with Crippen molar-refractivity contribution in [1.29, 1.82) is 0 Å². The lowest BCUT2D eigenvalue weighted by molar-refractivity contribution is -0.120. The zero-order valence-corrected chi connectivity index (χ0v) is 10.6. The van der Waals surface area contributed by atoms with Crippen molar-refractivity contribution in [3.05, 3.63) is 0 Å². The number of nitrogens with one attached hydrogen (secondary N) is 2. The molecule has 1 rings (SSSR count). The molecule has 6 heteroatoms. The summed E-state index contributed by atoms with van der Waals surface area (Å²) in [7, 11) is 1.98. The predicted octanol–water partition coefficient (Wildman–Crippen LogP) is -0.355. The number of imide groups is 1. The van der Waals surface area contributed by atoms with Crippen LogP contribution in [0.5, 0.6) is 0 Å². The normalized spacial score (nSPS) is 19.9. The molecule has 98 valence electrons. The highest BCUT2D eigenvalue weighted by atomic mass is 16.2. The summed E-state index contributed by atoms with van der Waals surface area (Å²) in [6.07, 6.45) is 2.46. The first-order valence-electron chi connectivity index (χ1n) is 5.96. The van der Waals surface area contributed by atoms with Crippen LogP contribution in [0.25, 0.3) is 0 Å². The smallest absolute Gasteiger partial charge is 0.318 e. The largest absolute Gasteiger partial charge is 0.351 e. The summed E-state index contributed by atoms with van der Waals surface area (Å²) in [5.41, 5.74) is 5.08. The molecule has 17 heavy (non-hydrogen) atoms. The molecule has 1 aliphatic heterocycles. The van der Waals surface area contributed by atoms with Crippen LogP contribution in [-0.4, -0.2) is 49.1 Å². The van der Waals surface area contributed by atoms with Gasteiger partial charge in [0.25, 0.3) is 0 Å². The molecule has 4 N–H and O–H groups in total. The molecule has 1 aliphatic rings. The highest BCUT2D eigenvalue weighted by Crippen LogP contribution is 2.20. The van der Waals surface area contributed by atoms with Gasteiger partial charge in [-0.1, -0.05) is 0 Å². The van der Waals surface area contributed by atoms with Gasteiger partial charge in [0.2, 0.25) is 5.91 Å². The van der Waals surface area contributed by atoms with Crippen LogP contribution in [0, 0.1) is 0 Å². The van der Waals surface area contributed by atoms with E-state index in [1.54, 1.807) is 0 Å². The zero-order chi connectivity index (χ0) is 12.9. The number of primary amides is 1. The summed E-state index contributed by atoms with van der Waals surface area (Å²) in [4.78, 5) is 23.9. The predicted molar refractivity (Wildman–Crippen MR) is 65.5 cm³/mol. The van der Waals surface area contributed by atoms with Gasteiger partial charge in [0, 0.05) is 18.5 Å². The fraction of sp³-hybridized carbons (Fsp3) is 0.818. The van der Waals surface area contributed by atoms with Crippen LogP contribution < -0.4 is 16.4 Å². The minimum Gasteiger partial charge on any atom is -0.351 e. The monoisotopic (exact) mass is 242 g/mol. The Kier molecular flexibility index (Phi) is 4.89. The average molecular weight is 242 g/mol. The van der Waals surface area contributed by atoms with E-state index in [2.05, 4.69) is 22.5 Å². The van der Waals surface area contributed by atoms with Crippen molar-refractivity contribution in [1.82, 2.24) is 15.5 Å². The first-order valence-corrected chi connectivity index (χ1v) is 5.96. The molecule has 0 aromatic rings. The fourth-order valence-electron chi connectivity index (χ4n) is 1.98. The third-order valence-electron chi connectivity index (χ3n) is 3.48. The third-order valence-corrected chi connectivity index (χ3v) is 3.48. The third kappa shape index (κ3) is 4.70. The molecular weight excluding hydrogens is 220 g/mol. The van der Waals surface area contributed by atoms with E-state index in [1.807, 2.05) is 7.05 Å². The Balaban J connectivity index is 2.22. The van der Waals surface area contributed by atoms with Crippen molar-refractivity contribution < 1.29 is 9.59 Å². The van der Waals surface area contributed by atoms with Crippen molar-refractivity contribution in [3.63, 3.8) is 0 Å². The Morgan fingerprint density at radius 2 is 1.94 bits per heavy atom. The molecule has 1 saturated heterocycles. The summed E-state index contributed by atoms with van der Waals surface area (Å²) in [6.45, 7) is 4.84. The first kappa shape index (κ1) is 13.9. The van der Waals surface area contributed by atoms with Gasteiger partial charge in [0.1, 0.15) is 0 Å². The van der Waals surface area contributed by atoms with E-state index in [9.17, 15) is 9.59 Å². The molecule has 0 aliphatic carbocycles. The van der Waals surface area contributed by atoms with E-state index in [0.29, 0.717) is 13.0 Å². The average Bonchev–Trinajstić information content (AvgIpc) is 2.27. The second-order valence-corrected chi connectivity index (χ2v) is 4.81. The number of piperidine rings is 1. The molecule has 0 aromatic heterocycles. The van der Waals surface area contributed by atoms with Crippen LogP contribution in [0.15, 0.2) is 0 Å². The van der Waals surface area contributed by atoms with Gasteiger partial charge in [0.15, 0.2) is 0 Å². The van der Waals surface area contributed by atoms with Crippen LogP contribution in [0.3, 0.4) is 0 Å². The van der Waals surface area contributed by atoms with Gasteiger partial charge in [0.05, 0.1) is 0 Å². The lowest BCUT2D eigenvalue weighted by Crippen LogP contribution is -2.50. The summed E-state index contributed by atoms with van der Waals surface area (Å²) in [6, 6.07) is -0.781. The van der Waals surface area contributed by atoms with Crippen molar-refractivity contribution >= 4 is 11.9 Å². The van der Waals surface area contributed by atoms with Crippen molar-refractivity contribution in [2.24, 2.45) is 5.73 Å². The van der Waals surface area contributed by atoms with Crippen LogP contribution in [0.1, 0.15) is 26.2 Å². The SMILES string of the molecule is CNC1(C)CCN(CCC(=O)NC(N)=O)CC1. The van der Waals surface area contributed by atoms with E-state index in [1.165, 1.54) is 0 Å². The molecule has 0 radical (unpaired) electrons. The number of urea groups is 1. The minimum absolute atomic E-state index is 0.214. The van der Waals surface area contributed by atoms with E-state index in [-0.39, 0.29) is 11.4 Å². The number of carbonyl (C=O) groups excluding carboxylic acids is 2. The Morgan fingerprint density at radius 1 is 1.35 bits per heavy atom. The molecular formula is C11H22N4O2. The van der Waals surface area contributed by atoms with Crippen LogP contribution in [0.4, 0.5) is 4.79 Å². The summed E-state index contributed by atoms with van der Waals surface area (Å²) in [5.74, 6) is -0.306. The number of likely N-dealkylation sites (tertiary alicyclic amines) is 1. The number of amides is 3. The molecule has 0 aromatic carbocycles. The molecule has 0 bridgehead atoms. The number of hydrogen-bond acceptors (Lipinski definition) is 4. The topological polar surface area (TPSA) is 87.5 Å². The van der Waals surface area contributed by atoms with Crippen molar-refractivity contribution in [2.75, 3.05) is 26.7 Å². The maximum absolute atomic E-state index is 11.2. The van der Waals surface area contributed by atoms with Gasteiger partial charge in [-0.25, -0.2) is 4.79 Å². The molecule has 0 atom stereocenters. The summed E-state index contributed by atoms with van der Waals surface area (Å²) >= 11 is 0. The number of nitrogens with zero attached hydrogens (tertiary/aromatic N) is 1. The molecule has 0 unspecified atom stereocenters. The van der Waals surface area contributed by atoms with Gasteiger partial charge < -0.3 is 16.0 Å². The van der Waals surface area contributed by atoms with E-state index >= 15 is 0 Å². The number of carbonyl (C=O) groups is 2. The summed E-state index contributed by atoms with van der Waals surface area (Å²) < 4.78 is 0. The van der Waals surface area contributed by atoms with Gasteiger partial charge in [-0.2, -0.15) is 0 Å². The zero-order valence-electron chi connectivity index (χ0n) is 10.6. The number of hydrogen-bond donors (Lipinski definition) is 3. The highest BCUT2D eigenvalue weighted by molar-refractivity contribution is 5.93. The van der Waals surface area contributed by atoms with Crippen molar-refractivity contribution in [2.45, 2.75) is 31.7 Å². The molecule has 0 spiro atoms. The molecule has 6 nitrogen and oxygen atoms in total. The Labute approximate surface area is 102 Å². The van der Waals surface area contributed by atoms with Gasteiger partial charge in [-0.15, -0.1) is 0 Å². The fourth-order valence-corrected chi connectivity index (χ4v) is 1.98. The number of rotatable bonds is 4. The van der Waals surface area contributed by atoms with E-state index < -0.39 is 6.03 Å². The lowest BCUT2D eigenvalue weighted by Gasteiger charge is -2.39. The maximum atomic E-state index is 11.2. The van der Waals surface area contributed by atoms with E-state index in [4.69, 9.17) is 5.73 Å². The molecule has 1 heterocycles. The standard InChI is InChI=1S/C11H22N4O2/c1-11(13-2)4-7-15(8-5-11)6-3-9(16)14-10(12)17/h13H,3-8H2,1-2H3,(H3,12,14,16,17). The summed E-state index contributed by atoms with van der Waals surface area (Å²) in [5, 5.41) is 5.40. The quantitative estimate of drug-likeness (QED) is 0.628. The Hall–Kier alpha value is -1.14. The minimum atomic E-state index is -0.781. The van der Waals surface area contributed by atoms with Crippen LogP contribution in [-0.2, 0) is 4.79 Å².